The third kappa shape index (κ3) is 5.94. The number of carbonyl (C=O) groups excluding carboxylic acids is 2. The molecule has 1 aromatic carbocycles. The molecule has 0 spiro atoms. The number of aromatic nitrogens is 3. The quantitative estimate of drug-likeness (QED) is 0.255. The zero-order chi connectivity index (χ0) is 27.2. The van der Waals surface area contributed by atoms with Crippen LogP contribution < -0.4 is 5.73 Å². The molecule has 1 fully saturated rings. The van der Waals surface area contributed by atoms with E-state index in [1.54, 1.807) is 41.9 Å². The van der Waals surface area contributed by atoms with Crippen molar-refractivity contribution in [2.45, 2.75) is 59.0 Å². The topological polar surface area (TPSA) is 135 Å². The molecule has 3 aromatic rings. The molecule has 10 nitrogen and oxygen atoms in total. The molecule has 3 amide bonds. The number of rotatable bonds is 12. The van der Waals surface area contributed by atoms with Crippen LogP contribution in [0.3, 0.4) is 0 Å². The van der Waals surface area contributed by atoms with E-state index in [0.717, 1.165) is 37.1 Å². The number of thiazole rings is 1. The number of nitrogens with zero attached hydrogens (tertiary/aromatic N) is 5. The zero-order valence-electron chi connectivity index (χ0n) is 21.6. The van der Waals surface area contributed by atoms with Crippen LogP contribution in [0, 0.1) is 0 Å². The summed E-state index contributed by atoms with van der Waals surface area (Å²) in [5.41, 5.74) is 8.49. The molecule has 1 aliphatic rings. The number of carboxylic acid groups (broad SMARTS) is 1. The maximum Gasteiger partial charge on any atom is 0.335 e. The van der Waals surface area contributed by atoms with Gasteiger partial charge in [0, 0.05) is 24.9 Å². The molecule has 0 saturated carbocycles. The Labute approximate surface area is 225 Å². The van der Waals surface area contributed by atoms with Crippen molar-refractivity contribution < 1.29 is 19.5 Å². The molecule has 3 N–H and O–H groups in total. The van der Waals surface area contributed by atoms with Gasteiger partial charge in [0.05, 0.1) is 29.7 Å². The van der Waals surface area contributed by atoms with Crippen molar-refractivity contribution in [2.75, 3.05) is 12.3 Å². The summed E-state index contributed by atoms with van der Waals surface area (Å²) >= 11 is 1.29. The Morgan fingerprint density at radius 2 is 1.82 bits per heavy atom. The Balaban J connectivity index is 1.72. The van der Waals surface area contributed by atoms with Crippen LogP contribution in [0.4, 0.5) is 9.93 Å². The van der Waals surface area contributed by atoms with Crippen molar-refractivity contribution >= 4 is 40.5 Å². The largest absolute Gasteiger partial charge is 0.478 e. The van der Waals surface area contributed by atoms with Crippen LogP contribution in [0.15, 0.2) is 41.5 Å². The number of anilines is 1. The van der Waals surface area contributed by atoms with Gasteiger partial charge in [-0.05, 0) is 36.6 Å². The zero-order valence-corrected chi connectivity index (χ0v) is 22.4. The van der Waals surface area contributed by atoms with E-state index in [2.05, 4.69) is 16.9 Å². The Morgan fingerprint density at radius 1 is 1.08 bits per heavy atom. The molecule has 1 aliphatic heterocycles. The molecule has 0 bridgehead atoms. The van der Waals surface area contributed by atoms with E-state index in [1.807, 2.05) is 11.5 Å². The minimum absolute atomic E-state index is 0.139. The minimum Gasteiger partial charge on any atom is -0.478 e. The van der Waals surface area contributed by atoms with E-state index in [-0.39, 0.29) is 29.7 Å². The van der Waals surface area contributed by atoms with Crippen LogP contribution in [0.25, 0.3) is 6.08 Å². The summed E-state index contributed by atoms with van der Waals surface area (Å²) in [6.45, 7) is 5.05. The minimum atomic E-state index is -0.979. The molecule has 4 rings (SSSR count). The number of unbranched alkanes of at least 4 members (excludes halogenated alkanes) is 2. The molecule has 3 heterocycles. The lowest BCUT2D eigenvalue weighted by Gasteiger charge is -2.16. The van der Waals surface area contributed by atoms with E-state index >= 15 is 0 Å². The van der Waals surface area contributed by atoms with Crippen LogP contribution >= 0.6 is 11.3 Å². The van der Waals surface area contributed by atoms with Gasteiger partial charge in [0.2, 0.25) is 0 Å². The molecule has 0 unspecified atom stereocenters. The van der Waals surface area contributed by atoms with Crippen molar-refractivity contribution in [3.8, 4) is 0 Å². The molecule has 0 atom stereocenters. The fourth-order valence-corrected chi connectivity index (χ4v) is 4.84. The summed E-state index contributed by atoms with van der Waals surface area (Å²) in [7, 11) is 0. The smallest absolute Gasteiger partial charge is 0.335 e. The second-order valence-electron chi connectivity index (χ2n) is 9.18. The lowest BCUT2D eigenvalue weighted by atomic mass is 10.1. The Hall–Kier alpha value is -3.99. The van der Waals surface area contributed by atoms with E-state index in [9.17, 15) is 19.5 Å². The van der Waals surface area contributed by atoms with Gasteiger partial charge in [-0.15, -0.1) is 11.3 Å². The lowest BCUT2D eigenvalue weighted by molar-refractivity contribution is -0.123. The maximum atomic E-state index is 13.4. The first kappa shape index (κ1) is 27.1. The fraction of sp³-hybridized carbons (Fsp3) is 0.370. The van der Waals surface area contributed by atoms with E-state index in [4.69, 9.17) is 5.73 Å². The summed E-state index contributed by atoms with van der Waals surface area (Å²) in [5.74, 6) is -0.466. The number of nitrogen functional groups attached to an aromatic ring is 1. The van der Waals surface area contributed by atoms with Crippen molar-refractivity contribution in [1.82, 2.24) is 24.3 Å². The van der Waals surface area contributed by atoms with Gasteiger partial charge >= 0.3 is 12.0 Å². The van der Waals surface area contributed by atoms with Gasteiger partial charge in [-0.2, -0.15) is 0 Å². The number of amides is 3. The number of benzene rings is 1. The summed E-state index contributed by atoms with van der Waals surface area (Å²) in [4.78, 5) is 49.7. The third-order valence-electron chi connectivity index (χ3n) is 6.39. The number of aryl methyl sites for hydroxylation is 1. The predicted molar refractivity (Wildman–Crippen MR) is 145 cm³/mol. The standard InChI is InChI=1S/C27H32N6O4S/c1-3-5-7-23-29-14-21(32(23)15-18-8-10-19(11-9-18)25(35)36)13-22-24(34)31(12-6-4-2)27(37)33(22)16-20-17-38-26(28)30-20/h8-11,13-14,17H,3-7,12,15-16H2,1-2H3,(H2,28,30)(H,35,36). The number of carbonyl (C=O) groups is 3. The van der Waals surface area contributed by atoms with Crippen molar-refractivity contribution in [3.63, 3.8) is 0 Å². The van der Waals surface area contributed by atoms with Gasteiger partial charge in [0.15, 0.2) is 5.13 Å². The normalized spacial score (nSPS) is 14.7. The second-order valence-corrected chi connectivity index (χ2v) is 10.1. The fourth-order valence-electron chi connectivity index (χ4n) is 4.29. The van der Waals surface area contributed by atoms with Gasteiger partial charge in [0.1, 0.15) is 11.5 Å². The van der Waals surface area contributed by atoms with Crippen LogP contribution in [-0.4, -0.2) is 53.9 Å². The first-order chi connectivity index (χ1) is 18.3. The number of nitrogens with two attached hydrogens (primary N) is 1. The number of aromatic carboxylic acids is 1. The first-order valence-electron chi connectivity index (χ1n) is 12.7. The highest BCUT2D eigenvalue weighted by molar-refractivity contribution is 7.13. The lowest BCUT2D eigenvalue weighted by Crippen LogP contribution is -2.33. The Kier molecular flexibility index (Phi) is 8.57. The van der Waals surface area contributed by atoms with Crippen LogP contribution in [0.1, 0.15) is 72.7 Å². The molecule has 200 valence electrons. The number of hydrogen-bond donors (Lipinski definition) is 2. The average Bonchev–Trinajstić information content (AvgIpc) is 3.55. The van der Waals surface area contributed by atoms with E-state index in [0.29, 0.717) is 36.0 Å². The van der Waals surface area contributed by atoms with Gasteiger partial charge < -0.3 is 15.4 Å². The Morgan fingerprint density at radius 3 is 2.45 bits per heavy atom. The molecule has 2 aromatic heterocycles. The van der Waals surface area contributed by atoms with E-state index in [1.165, 1.54) is 21.1 Å². The summed E-state index contributed by atoms with van der Waals surface area (Å²) in [6.07, 6.45) is 7.71. The van der Waals surface area contributed by atoms with Crippen molar-refractivity contribution in [1.29, 1.82) is 0 Å². The molecule has 0 radical (unpaired) electrons. The van der Waals surface area contributed by atoms with Gasteiger partial charge in [-0.3, -0.25) is 14.6 Å². The monoisotopic (exact) mass is 536 g/mol. The van der Waals surface area contributed by atoms with Crippen LogP contribution in [0.5, 0.6) is 0 Å². The molecular weight excluding hydrogens is 504 g/mol. The molecule has 38 heavy (non-hydrogen) atoms. The van der Waals surface area contributed by atoms with Crippen molar-refractivity contribution in [2.24, 2.45) is 0 Å². The maximum absolute atomic E-state index is 13.4. The number of urea groups is 1. The van der Waals surface area contributed by atoms with Gasteiger partial charge in [-0.1, -0.05) is 38.8 Å². The highest BCUT2D eigenvalue weighted by Gasteiger charge is 2.41. The third-order valence-corrected chi connectivity index (χ3v) is 7.11. The highest BCUT2D eigenvalue weighted by Crippen LogP contribution is 2.28. The van der Waals surface area contributed by atoms with Crippen molar-refractivity contribution in [3.05, 3.63) is 69.9 Å². The number of imide groups is 1. The summed E-state index contributed by atoms with van der Waals surface area (Å²) in [6, 6.07) is 6.33. The number of hydrogen-bond acceptors (Lipinski definition) is 7. The molecule has 1 saturated heterocycles. The Bertz CT molecular complexity index is 1340. The first-order valence-corrected chi connectivity index (χ1v) is 13.6. The number of imidazole rings is 1. The average molecular weight is 537 g/mol. The van der Waals surface area contributed by atoms with Crippen LogP contribution in [-0.2, 0) is 24.3 Å². The molecule has 0 aliphatic carbocycles. The van der Waals surface area contributed by atoms with Gasteiger partial charge in [-0.25, -0.2) is 19.6 Å². The van der Waals surface area contributed by atoms with E-state index < -0.39 is 5.97 Å². The second kappa shape index (κ2) is 12.0. The molecule has 11 heteroatoms. The predicted octanol–water partition coefficient (Wildman–Crippen LogP) is 4.62. The molecular formula is C27H32N6O4S. The highest BCUT2D eigenvalue weighted by atomic mass is 32.1. The van der Waals surface area contributed by atoms with Crippen LogP contribution in [0.2, 0.25) is 0 Å². The summed E-state index contributed by atoms with van der Waals surface area (Å²) < 4.78 is 2.02. The number of carboxylic acids is 1. The van der Waals surface area contributed by atoms with Gasteiger partial charge in [0.25, 0.3) is 5.91 Å². The summed E-state index contributed by atoms with van der Waals surface area (Å²) in [5, 5.41) is 11.4. The SMILES string of the molecule is CCCCc1ncc(C=C2C(=O)N(CCCC)C(=O)N2Cc2csc(N)n2)n1Cc1ccc(C(=O)O)cc1.